The second kappa shape index (κ2) is 7.20. The predicted molar refractivity (Wildman–Crippen MR) is 45.7 cm³/mol. The van der Waals surface area contributed by atoms with Crippen LogP contribution in [0.3, 0.4) is 0 Å². The Hall–Kier alpha value is -2.13. The quantitative estimate of drug-likeness (QED) is 0.272. The molecule has 0 bridgehead atoms. The number of nitrogen functional groups attached to an aromatic ring is 3. The average Bonchev–Trinajstić information content (AvgIpc) is 2.01. The van der Waals surface area contributed by atoms with E-state index in [2.05, 4.69) is 15.0 Å². The molecule has 0 aliphatic carbocycles. The number of carbonyl (C=O) groups excluding carboxylic acids is 1. The van der Waals surface area contributed by atoms with Gasteiger partial charge in [-0.15, -0.1) is 0 Å². The number of carboxylic acid groups (broad SMARTS) is 2. The van der Waals surface area contributed by atoms with Gasteiger partial charge in [0.25, 0.3) is 0 Å². The van der Waals surface area contributed by atoms with Crippen LogP contribution in [0, 0.1) is 0 Å². The van der Waals surface area contributed by atoms with Gasteiger partial charge in [-0.05, 0) is 0 Å². The molecule has 0 aliphatic heterocycles. The third-order valence-corrected chi connectivity index (χ3v) is 0.862. The summed E-state index contributed by atoms with van der Waals surface area (Å²) in [6, 6.07) is 0. The van der Waals surface area contributed by atoms with Crippen molar-refractivity contribution in [2.24, 2.45) is 0 Å². The molecule has 1 heterocycles. The standard InChI is InChI=1S/C3H6N6.C2H2O4.Cu/c4-1-7-2(5)9-3(6)8-1;3-1(4)2(5)6;/h(H6,4,5,6,7,8,9);(H,3,4)(H,5,6);/q;;+1/p-1. The zero-order chi connectivity index (χ0) is 12.0. The van der Waals surface area contributed by atoms with E-state index in [4.69, 9.17) is 37.0 Å². The van der Waals surface area contributed by atoms with Crippen LogP contribution in [0.1, 0.15) is 0 Å². The maximum Gasteiger partial charge on any atom is 1.00 e. The van der Waals surface area contributed by atoms with Crippen LogP contribution in [-0.4, -0.2) is 32.0 Å². The van der Waals surface area contributed by atoms with Gasteiger partial charge in [0.15, 0.2) is 5.97 Å². The number of nitrogens with two attached hydrogens (primary N) is 3. The Morgan fingerprint density at radius 2 is 1.19 bits per heavy atom. The normalized spacial score (nSPS) is 8.00. The van der Waals surface area contributed by atoms with Crippen molar-refractivity contribution < 1.29 is 36.9 Å². The predicted octanol–water partition coefficient (Wildman–Crippen LogP) is -3.56. The van der Waals surface area contributed by atoms with Gasteiger partial charge < -0.3 is 32.2 Å². The number of carbonyl (C=O) groups is 2. The van der Waals surface area contributed by atoms with Gasteiger partial charge in [0, 0.05) is 0 Å². The Labute approximate surface area is 99.4 Å². The number of aromatic nitrogens is 3. The molecule has 1 aromatic rings. The number of hydrogen-bond donors (Lipinski definition) is 4. The first-order chi connectivity index (χ1) is 6.82. The molecule has 0 spiro atoms. The van der Waals surface area contributed by atoms with E-state index in [1.165, 1.54) is 0 Å². The van der Waals surface area contributed by atoms with E-state index in [9.17, 15) is 0 Å². The van der Waals surface area contributed by atoms with Gasteiger partial charge in [0.1, 0.15) is 0 Å². The van der Waals surface area contributed by atoms with E-state index in [0.717, 1.165) is 0 Å². The Morgan fingerprint density at radius 1 is 1.00 bits per heavy atom. The summed E-state index contributed by atoms with van der Waals surface area (Å²) in [5.74, 6) is -3.88. The fraction of sp³-hybridized carbons (Fsp3) is 0. The molecule has 0 atom stereocenters. The van der Waals surface area contributed by atoms with Crippen molar-refractivity contribution in [1.29, 1.82) is 0 Å². The molecule has 1 rings (SSSR count). The van der Waals surface area contributed by atoms with Gasteiger partial charge in [-0.25, -0.2) is 4.79 Å². The molecule has 11 heteroatoms. The number of nitrogens with zero attached hydrogens (tertiary/aromatic N) is 3. The van der Waals surface area contributed by atoms with Crippen molar-refractivity contribution in [3.8, 4) is 0 Å². The Morgan fingerprint density at radius 3 is 1.31 bits per heavy atom. The second-order valence-electron chi connectivity index (χ2n) is 2.00. The van der Waals surface area contributed by atoms with E-state index >= 15 is 0 Å². The monoisotopic (exact) mass is 278 g/mol. The molecule has 92 valence electrons. The molecule has 0 fully saturated rings. The topological polar surface area (TPSA) is 194 Å². The van der Waals surface area contributed by atoms with Gasteiger partial charge in [-0.2, -0.15) is 15.0 Å². The maximum atomic E-state index is 9.04. The van der Waals surface area contributed by atoms with E-state index < -0.39 is 11.9 Å². The first-order valence-electron chi connectivity index (χ1n) is 3.29. The minimum atomic E-state index is -2.07. The van der Waals surface area contributed by atoms with Crippen LogP contribution >= 0.6 is 0 Å². The molecule has 0 radical (unpaired) electrons. The number of hydrogen-bond acceptors (Lipinski definition) is 9. The molecule has 0 unspecified atom stereocenters. The third-order valence-electron chi connectivity index (χ3n) is 0.862. The van der Waals surface area contributed by atoms with Crippen molar-refractivity contribution in [2.75, 3.05) is 17.2 Å². The zero-order valence-electron chi connectivity index (χ0n) is 7.55. The van der Waals surface area contributed by atoms with Crippen LogP contribution in [0.15, 0.2) is 0 Å². The summed E-state index contributed by atoms with van der Waals surface area (Å²) in [5, 5.41) is 16.3. The van der Waals surface area contributed by atoms with Crippen molar-refractivity contribution in [3.05, 3.63) is 0 Å². The molecular weight excluding hydrogens is 272 g/mol. The van der Waals surface area contributed by atoms with Crippen LogP contribution in [0.4, 0.5) is 17.8 Å². The molecule has 10 nitrogen and oxygen atoms in total. The summed E-state index contributed by atoms with van der Waals surface area (Å²) < 4.78 is 0. The molecule has 7 N–H and O–H groups in total. The molecule has 0 saturated carbocycles. The fourth-order valence-electron chi connectivity index (χ4n) is 0.427. The van der Waals surface area contributed by atoms with Crippen LogP contribution < -0.4 is 22.3 Å². The van der Waals surface area contributed by atoms with E-state index in [1.807, 2.05) is 0 Å². The second-order valence-corrected chi connectivity index (χ2v) is 2.00. The molecule has 1 aromatic heterocycles. The number of carboxylic acids is 2. The Kier molecular flexibility index (Phi) is 7.34. The summed E-state index contributed by atoms with van der Waals surface area (Å²) in [6.07, 6.45) is 0. The van der Waals surface area contributed by atoms with Gasteiger partial charge in [-0.3, -0.25) is 0 Å². The van der Waals surface area contributed by atoms with Crippen molar-refractivity contribution in [1.82, 2.24) is 15.0 Å². The molecule has 0 aliphatic rings. The van der Waals surface area contributed by atoms with Crippen molar-refractivity contribution >= 4 is 29.8 Å². The largest absolute Gasteiger partial charge is 1.00 e. The maximum absolute atomic E-state index is 9.04. The van der Waals surface area contributed by atoms with Crippen molar-refractivity contribution in [2.45, 2.75) is 0 Å². The minimum Gasteiger partial charge on any atom is -0.539 e. The van der Waals surface area contributed by atoms with E-state index in [1.54, 1.807) is 0 Å². The molecule has 0 amide bonds. The first kappa shape index (κ1) is 16.3. The third kappa shape index (κ3) is 7.29. The van der Waals surface area contributed by atoms with Crippen LogP contribution in [-0.2, 0) is 26.7 Å². The summed E-state index contributed by atoms with van der Waals surface area (Å²) in [7, 11) is 0. The number of rotatable bonds is 0. The number of anilines is 3. The van der Waals surface area contributed by atoms with Gasteiger partial charge in [0.05, 0.1) is 0 Å². The van der Waals surface area contributed by atoms with E-state index in [-0.39, 0.29) is 34.9 Å². The average molecular weight is 279 g/mol. The zero-order valence-corrected chi connectivity index (χ0v) is 8.49. The smallest absolute Gasteiger partial charge is 0.539 e. The number of aliphatic carboxylic acids is 2. The summed E-state index contributed by atoms with van der Waals surface area (Å²) in [6.45, 7) is 0. The Balaban J connectivity index is 0. The summed E-state index contributed by atoms with van der Waals surface area (Å²) in [5.41, 5.74) is 15.4. The fourth-order valence-corrected chi connectivity index (χ4v) is 0.427. The van der Waals surface area contributed by atoms with Gasteiger partial charge in [-0.1, -0.05) is 0 Å². The minimum absolute atomic E-state index is 0. The molecular formula is C5H7CuN6O4. The van der Waals surface area contributed by atoms with Gasteiger partial charge in [0.2, 0.25) is 17.8 Å². The Bertz CT molecular complexity index is 323. The SMILES string of the molecule is Nc1nc(N)nc(N)n1.O=C([O-])C(=O)O.[Cu+]. The summed E-state index contributed by atoms with van der Waals surface area (Å²) >= 11 is 0. The molecule has 0 saturated heterocycles. The van der Waals surface area contributed by atoms with Crippen LogP contribution in [0.5, 0.6) is 0 Å². The van der Waals surface area contributed by atoms with Crippen molar-refractivity contribution in [3.63, 3.8) is 0 Å². The van der Waals surface area contributed by atoms with Crippen LogP contribution in [0.2, 0.25) is 0 Å². The van der Waals surface area contributed by atoms with Gasteiger partial charge >= 0.3 is 23.0 Å². The van der Waals surface area contributed by atoms with E-state index in [0.29, 0.717) is 0 Å². The van der Waals surface area contributed by atoms with Crippen LogP contribution in [0.25, 0.3) is 0 Å². The summed E-state index contributed by atoms with van der Waals surface area (Å²) in [4.78, 5) is 28.5. The first-order valence-corrected chi connectivity index (χ1v) is 3.29. The molecule has 0 aromatic carbocycles. The molecule has 16 heavy (non-hydrogen) atoms.